The number of carbonyl (C=O) groups excluding carboxylic acids is 8. The van der Waals surface area contributed by atoms with E-state index in [0.717, 1.165) is 21.2 Å². The first-order valence-electron chi connectivity index (χ1n) is 24.7. The summed E-state index contributed by atoms with van der Waals surface area (Å²) in [5.74, 6) is -6.75. The second-order valence-corrected chi connectivity index (χ2v) is 18.6. The summed E-state index contributed by atoms with van der Waals surface area (Å²) in [6, 6.07) is 30.7. The Morgan fingerprint density at radius 2 is 1.07 bits per heavy atom. The van der Waals surface area contributed by atoms with Crippen LogP contribution in [0, 0.1) is 0 Å². The van der Waals surface area contributed by atoms with Crippen molar-refractivity contribution in [2.45, 2.75) is 81.3 Å². The predicted molar refractivity (Wildman–Crippen MR) is 273 cm³/mol. The fourth-order valence-corrected chi connectivity index (χ4v) is 9.19. The van der Waals surface area contributed by atoms with E-state index in [1.807, 2.05) is 42.5 Å². The molecule has 20 heteroatoms. The molecule has 0 spiro atoms. The van der Waals surface area contributed by atoms with Crippen molar-refractivity contribution in [3.8, 4) is 5.75 Å². The van der Waals surface area contributed by atoms with Gasteiger partial charge in [-0.1, -0.05) is 115 Å². The van der Waals surface area contributed by atoms with Gasteiger partial charge in [-0.15, -0.1) is 0 Å². The Bertz CT molecular complexity index is 2870. The molecule has 0 aromatic heterocycles. The molecule has 5 aromatic carbocycles. The molecule has 0 unspecified atom stereocenters. The van der Waals surface area contributed by atoms with Crippen LogP contribution in [0.1, 0.15) is 41.5 Å². The lowest BCUT2D eigenvalue weighted by atomic mass is 10.0. The van der Waals surface area contributed by atoms with Crippen molar-refractivity contribution in [1.82, 2.24) is 41.7 Å². The van der Waals surface area contributed by atoms with Gasteiger partial charge in [0.25, 0.3) is 0 Å². The first kappa shape index (κ1) is 54.1. The first-order chi connectivity index (χ1) is 36.1. The Labute approximate surface area is 432 Å². The van der Waals surface area contributed by atoms with E-state index in [2.05, 4.69) is 31.9 Å². The van der Waals surface area contributed by atoms with Crippen LogP contribution in [-0.4, -0.2) is 147 Å². The Morgan fingerprint density at radius 3 is 1.69 bits per heavy atom. The maximum absolute atomic E-state index is 14.4. The number of aliphatic carboxylic acids is 1. The molecule has 2 aliphatic rings. The molecule has 2 fully saturated rings. The molecule has 6 atom stereocenters. The van der Waals surface area contributed by atoms with Crippen molar-refractivity contribution in [2.24, 2.45) is 0 Å². The number of likely N-dealkylation sites (tertiary alicyclic amines) is 2. The lowest BCUT2D eigenvalue weighted by Gasteiger charge is -2.30. The number of phenols is 1. The van der Waals surface area contributed by atoms with Gasteiger partial charge in [-0.2, -0.15) is 0 Å². The number of hydrogen-bond donors (Lipinski definition) is 9. The van der Waals surface area contributed by atoms with Crippen LogP contribution >= 0.6 is 0 Å². The average Bonchev–Trinajstić information content (AvgIpc) is 4.07. The van der Waals surface area contributed by atoms with Crippen molar-refractivity contribution in [1.29, 1.82) is 0 Å². The highest BCUT2D eigenvalue weighted by Gasteiger charge is 2.44. The van der Waals surface area contributed by atoms with Crippen molar-refractivity contribution < 1.29 is 58.5 Å². The Morgan fingerprint density at radius 1 is 0.533 bits per heavy atom. The summed E-state index contributed by atoms with van der Waals surface area (Å²) in [6.45, 7) is -1.64. The summed E-state index contributed by atoms with van der Waals surface area (Å²) in [5, 5.41) is 47.3. The number of rotatable bonds is 22. The van der Waals surface area contributed by atoms with E-state index >= 15 is 0 Å². The molecule has 0 radical (unpaired) electrons. The summed E-state index contributed by atoms with van der Waals surface area (Å²) >= 11 is 0. The SMILES string of the molecule is O=C(CNC(=O)[C@H](Cc1ccc(O)cc1)NC(=O)[C@H](Cc1ccccc1)NC(=O)[C@H](Cc1ccccc1)NC(=O)CNC(=O)Cc1ccc2ccccc2c1)NCC(=O)N1CCC[C@H]1C(=O)N1C[C@H](O)C[C@H]1C(=O)O. The number of β-amino-alcohol motifs (C(OH)–C–C–N with tert-alkyl or cyclic N) is 1. The van der Waals surface area contributed by atoms with Gasteiger partial charge in [-0.25, -0.2) is 4.79 Å². The quantitative estimate of drug-likeness (QED) is 0.0462. The Kier molecular flexibility index (Phi) is 18.6. The minimum Gasteiger partial charge on any atom is -0.508 e. The van der Waals surface area contributed by atoms with Gasteiger partial charge < -0.3 is 57.0 Å². The van der Waals surface area contributed by atoms with Crippen LogP contribution in [-0.2, 0) is 68.8 Å². The molecule has 75 heavy (non-hydrogen) atoms. The number of hydrogen-bond acceptors (Lipinski definition) is 11. The molecular weight excluding hydrogens is 965 g/mol. The van der Waals surface area contributed by atoms with Gasteiger partial charge in [0.1, 0.15) is 36.0 Å². The summed E-state index contributed by atoms with van der Waals surface area (Å²) < 4.78 is 0. The fourth-order valence-electron chi connectivity index (χ4n) is 9.19. The van der Waals surface area contributed by atoms with Crippen LogP contribution in [0.25, 0.3) is 10.8 Å². The molecular formula is C55H60N8O12. The highest BCUT2D eigenvalue weighted by atomic mass is 16.4. The lowest BCUT2D eigenvalue weighted by molar-refractivity contribution is -0.151. The highest BCUT2D eigenvalue weighted by Crippen LogP contribution is 2.25. The van der Waals surface area contributed by atoms with Crippen LogP contribution in [0.3, 0.4) is 0 Å². The number of amides is 8. The minimum absolute atomic E-state index is 0.0102. The van der Waals surface area contributed by atoms with Crippen molar-refractivity contribution in [3.05, 3.63) is 150 Å². The molecule has 2 aliphatic heterocycles. The highest BCUT2D eigenvalue weighted by molar-refractivity contribution is 5.97. The van der Waals surface area contributed by atoms with E-state index in [4.69, 9.17) is 0 Å². The third-order valence-corrected chi connectivity index (χ3v) is 13.0. The van der Waals surface area contributed by atoms with E-state index < -0.39 is 109 Å². The summed E-state index contributed by atoms with van der Waals surface area (Å²) in [6.07, 6.45) is -0.611. The van der Waals surface area contributed by atoms with Crippen LogP contribution in [0.4, 0.5) is 0 Å². The zero-order valence-corrected chi connectivity index (χ0v) is 41.0. The number of fused-ring (bicyclic) bond motifs is 1. The van der Waals surface area contributed by atoms with E-state index in [9.17, 15) is 58.5 Å². The largest absolute Gasteiger partial charge is 0.508 e. The normalized spacial score (nSPS) is 17.2. The van der Waals surface area contributed by atoms with E-state index in [1.165, 1.54) is 29.2 Å². The molecule has 0 bridgehead atoms. The van der Waals surface area contributed by atoms with Crippen molar-refractivity contribution in [3.63, 3.8) is 0 Å². The second kappa shape index (κ2) is 25.8. The summed E-state index contributed by atoms with van der Waals surface area (Å²) in [5.41, 5.74) is 2.59. The molecule has 9 N–H and O–H groups in total. The number of aliphatic hydroxyl groups excluding tert-OH is 1. The van der Waals surface area contributed by atoms with Crippen molar-refractivity contribution >= 4 is 64.0 Å². The van der Waals surface area contributed by atoms with Gasteiger partial charge in [0.2, 0.25) is 47.3 Å². The number of aliphatic hydroxyl groups is 1. The molecule has 2 heterocycles. The summed E-state index contributed by atoms with van der Waals surface area (Å²) in [7, 11) is 0. The van der Waals surface area contributed by atoms with Gasteiger partial charge in [0.15, 0.2) is 0 Å². The predicted octanol–water partition coefficient (Wildman–Crippen LogP) is 0.656. The second-order valence-electron chi connectivity index (χ2n) is 18.6. The van der Waals surface area contributed by atoms with Gasteiger partial charge in [0, 0.05) is 38.8 Å². The molecule has 0 aliphatic carbocycles. The van der Waals surface area contributed by atoms with Gasteiger partial charge >= 0.3 is 5.97 Å². The number of benzene rings is 5. The number of nitrogens with one attached hydrogen (secondary N) is 6. The third-order valence-electron chi connectivity index (χ3n) is 13.0. The molecule has 20 nitrogen and oxygen atoms in total. The lowest BCUT2D eigenvalue weighted by Crippen LogP contribution is -2.58. The number of carbonyl (C=O) groups is 9. The standard InChI is InChI=1S/C55H60N8O12/c64-40-21-18-36(19-22-40)27-42(51(70)58-30-48(67)57-32-50(69)62-23-9-16-45(62)54(73)63-33-41(65)29-46(63)55(74)75)60-53(72)44(26-35-12-5-2-6-13-35)61-52(71)43(25-34-10-3-1-4-11-34)59-49(68)31-56-47(66)28-37-17-20-38-14-7-8-15-39(38)24-37/h1-8,10-15,17-22,24,41-46,64-65H,9,16,23,25-33H2,(H,56,66)(H,57,67)(H,58,70)(H,59,68)(H,60,72)(H,61,71)(H,74,75)/t41-,42+,43+,44+,45+,46+/m1/s1. The fraction of sp³-hybridized carbons (Fsp3) is 0.327. The van der Waals surface area contributed by atoms with E-state index in [-0.39, 0.29) is 57.4 Å². The Balaban J connectivity index is 0.998. The van der Waals surface area contributed by atoms with E-state index in [0.29, 0.717) is 23.1 Å². The smallest absolute Gasteiger partial charge is 0.326 e. The van der Waals surface area contributed by atoms with Gasteiger partial charge in [0.05, 0.1) is 32.2 Å². The third kappa shape index (κ3) is 15.4. The molecule has 392 valence electrons. The first-order valence-corrected chi connectivity index (χ1v) is 24.7. The maximum Gasteiger partial charge on any atom is 0.326 e. The molecule has 0 saturated carbocycles. The zero-order chi connectivity index (χ0) is 53.4. The number of phenolic OH excluding ortho intramolecular Hbond substituents is 1. The maximum atomic E-state index is 14.4. The van der Waals surface area contributed by atoms with Crippen LogP contribution < -0.4 is 31.9 Å². The van der Waals surface area contributed by atoms with E-state index in [1.54, 1.807) is 60.7 Å². The Hall–Kier alpha value is -8.65. The topological polar surface area (TPSA) is 293 Å². The van der Waals surface area contributed by atoms with Crippen LogP contribution in [0.5, 0.6) is 5.75 Å². The number of carboxylic acids is 1. The van der Waals surface area contributed by atoms with Gasteiger partial charge in [-0.3, -0.25) is 38.4 Å². The monoisotopic (exact) mass is 1020 g/mol. The average molecular weight is 1030 g/mol. The molecule has 7 rings (SSSR count). The summed E-state index contributed by atoms with van der Waals surface area (Å²) in [4.78, 5) is 123. The molecule has 5 aromatic rings. The van der Waals surface area contributed by atoms with Crippen molar-refractivity contribution in [2.75, 3.05) is 32.7 Å². The number of nitrogens with zero attached hydrogens (tertiary/aromatic N) is 2. The van der Waals surface area contributed by atoms with Gasteiger partial charge in [-0.05, 0) is 58.0 Å². The minimum atomic E-state index is -1.36. The molecule has 8 amide bonds. The molecule has 2 saturated heterocycles. The van der Waals surface area contributed by atoms with Crippen LogP contribution in [0.15, 0.2) is 127 Å². The number of carboxylic acid groups (broad SMARTS) is 1. The zero-order valence-electron chi connectivity index (χ0n) is 41.0. The number of aromatic hydroxyl groups is 1. The van der Waals surface area contributed by atoms with Crippen LogP contribution in [0.2, 0.25) is 0 Å².